The number of hydrogen-bond donors (Lipinski definition) is 3. The summed E-state index contributed by atoms with van der Waals surface area (Å²) in [6, 6.07) is 20.2. The number of nitrogens with one attached hydrogen (secondary N) is 2. The van der Waals surface area contributed by atoms with Crippen LogP contribution in [0.2, 0.25) is 0 Å². The summed E-state index contributed by atoms with van der Waals surface area (Å²) in [7, 11) is 0. The third-order valence-electron chi connectivity index (χ3n) is 5.71. The largest absolute Gasteiger partial charge is 0.478 e. The van der Waals surface area contributed by atoms with Crippen LogP contribution in [0.4, 0.5) is 10.5 Å². The van der Waals surface area contributed by atoms with Gasteiger partial charge >= 0.3 is 12.1 Å². The normalized spacial score (nSPS) is 12.9. The fraction of sp³-hybridized carbons (Fsp3) is 0.192. The van der Waals surface area contributed by atoms with Crippen LogP contribution in [0.5, 0.6) is 0 Å². The number of benzene rings is 3. The molecule has 0 spiro atoms. The number of aromatic carboxylic acids is 1. The highest BCUT2D eigenvalue weighted by atomic mass is 79.9. The molecule has 0 radical (unpaired) electrons. The number of carbonyl (C=O) groups excluding carboxylic acids is 2. The van der Waals surface area contributed by atoms with Crippen LogP contribution in [-0.4, -0.2) is 35.7 Å². The molecular weight excluding hydrogens is 500 g/mol. The Kier molecular flexibility index (Phi) is 6.98. The molecule has 1 aliphatic rings. The third kappa shape index (κ3) is 4.97. The zero-order chi connectivity index (χ0) is 24.2. The highest BCUT2D eigenvalue weighted by Crippen LogP contribution is 2.44. The van der Waals surface area contributed by atoms with Gasteiger partial charge in [-0.05, 0) is 57.2 Å². The summed E-state index contributed by atoms with van der Waals surface area (Å²) in [5, 5.41) is 14.6. The number of ether oxygens (including phenoxy) is 1. The lowest BCUT2D eigenvalue weighted by Gasteiger charge is -2.17. The van der Waals surface area contributed by atoms with E-state index < -0.39 is 24.0 Å². The van der Waals surface area contributed by atoms with Gasteiger partial charge in [0.05, 0.1) is 11.3 Å². The second kappa shape index (κ2) is 10.1. The van der Waals surface area contributed by atoms with Gasteiger partial charge in [0, 0.05) is 22.9 Å². The smallest absolute Gasteiger partial charge is 0.407 e. The van der Waals surface area contributed by atoms with Gasteiger partial charge in [-0.1, -0.05) is 54.6 Å². The summed E-state index contributed by atoms with van der Waals surface area (Å²) in [5.41, 5.74) is 4.67. The molecule has 2 amide bonds. The fourth-order valence-corrected chi connectivity index (χ4v) is 4.66. The quantitative estimate of drug-likeness (QED) is 0.385. The van der Waals surface area contributed by atoms with Gasteiger partial charge in [0.15, 0.2) is 0 Å². The number of fused-ring (bicyclic) bond motifs is 3. The number of anilines is 1. The minimum absolute atomic E-state index is 0.0279. The van der Waals surface area contributed by atoms with E-state index in [4.69, 9.17) is 4.74 Å². The number of para-hydroxylation sites is 1. The van der Waals surface area contributed by atoms with Crippen molar-refractivity contribution in [3.05, 3.63) is 87.9 Å². The maximum Gasteiger partial charge on any atom is 0.407 e. The molecule has 0 aliphatic heterocycles. The molecule has 4 rings (SSSR count). The molecule has 0 aromatic heterocycles. The van der Waals surface area contributed by atoms with Crippen molar-refractivity contribution in [1.82, 2.24) is 5.32 Å². The SMILES string of the molecule is CC(CC(=O)Nc1c(Br)cccc1C(=O)O)NC(=O)OCC1c2ccccc2-c2ccccc21. The Balaban J connectivity index is 1.33. The van der Waals surface area contributed by atoms with Gasteiger partial charge in [-0.3, -0.25) is 4.79 Å². The zero-order valence-electron chi connectivity index (χ0n) is 18.4. The third-order valence-corrected chi connectivity index (χ3v) is 6.37. The van der Waals surface area contributed by atoms with Crippen molar-refractivity contribution >= 4 is 39.6 Å². The van der Waals surface area contributed by atoms with Crippen LogP contribution >= 0.6 is 15.9 Å². The summed E-state index contributed by atoms with van der Waals surface area (Å²) in [6.45, 7) is 1.86. The number of carboxylic acid groups (broad SMARTS) is 1. The molecule has 0 fully saturated rings. The highest BCUT2D eigenvalue weighted by Gasteiger charge is 2.29. The molecule has 3 N–H and O–H groups in total. The molecule has 34 heavy (non-hydrogen) atoms. The predicted molar refractivity (Wildman–Crippen MR) is 132 cm³/mol. The summed E-state index contributed by atoms with van der Waals surface area (Å²) >= 11 is 3.26. The number of rotatable bonds is 7. The van der Waals surface area contributed by atoms with E-state index >= 15 is 0 Å². The van der Waals surface area contributed by atoms with E-state index in [2.05, 4.69) is 38.7 Å². The average Bonchev–Trinajstić information content (AvgIpc) is 3.12. The van der Waals surface area contributed by atoms with Crippen LogP contribution in [0.15, 0.2) is 71.2 Å². The van der Waals surface area contributed by atoms with Gasteiger partial charge in [-0.25, -0.2) is 9.59 Å². The molecule has 0 saturated carbocycles. The van der Waals surface area contributed by atoms with Crippen LogP contribution < -0.4 is 10.6 Å². The van der Waals surface area contributed by atoms with E-state index in [0.717, 1.165) is 22.3 Å². The summed E-state index contributed by atoms with van der Waals surface area (Å²) < 4.78 is 5.97. The Morgan fingerprint density at radius 2 is 1.59 bits per heavy atom. The minimum atomic E-state index is -1.15. The number of carboxylic acids is 1. The first-order chi connectivity index (χ1) is 16.3. The molecule has 0 saturated heterocycles. The Bertz CT molecular complexity index is 1210. The average molecular weight is 523 g/mol. The van der Waals surface area contributed by atoms with Gasteiger partial charge in [0.2, 0.25) is 5.91 Å². The minimum Gasteiger partial charge on any atom is -0.478 e. The molecule has 8 heteroatoms. The van der Waals surface area contributed by atoms with E-state index in [1.54, 1.807) is 19.1 Å². The lowest BCUT2D eigenvalue weighted by Crippen LogP contribution is -2.36. The van der Waals surface area contributed by atoms with Crippen molar-refractivity contribution in [2.24, 2.45) is 0 Å². The Morgan fingerprint density at radius 3 is 2.21 bits per heavy atom. The second-order valence-corrected chi connectivity index (χ2v) is 8.95. The topological polar surface area (TPSA) is 105 Å². The molecule has 1 unspecified atom stereocenters. The van der Waals surface area contributed by atoms with Crippen LogP contribution in [0, 0.1) is 0 Å². The summed E-state index contributed by atoms with van der Waals surface area (Å²) in [4.78, 5) is 36.3. The van der Waals surface area contributed by atoms with E-state index in [1.807, 2.05) is 36.4 Å². The van der Waals surface area contributed by atoms with Crippen LogP contribution in [0.25, 0.3) is 11.1 Å². The lowest BCUT2D eigenvalue weighted by atomic mass is 9.98. The summed E-state index contributed by atoms with van der Waals surface area (Å²) in [6.07, 6.45) is -0.667. The Hall–Kier alpha value is -3.65. The van der Waals surface area contributed by atoms with Crippen molar-refractivity contribution < 1.29 is 24.2 Å². The maximum atomic E-state index is 12.5. The maximum absolute atomic E-state index is 12.5. The van der Waals surface area contributed by atoms with Gasteiger partial charge in [0.1, 0.15) is 6.61 Å². The highest BCUT2D eigenvalue weighted by molar-refractivity contribution is 9.10. The number of halogens is 1. The number of amides is 2. The summed E-state index contributed by atoms with van der Waals surface area (Å²) in [5.74, 6) is -1.64. The molecule has 7 nitrogen and oxygen atoms in total. The number of alkyl carbamates (subject to hydrolysis) is 1. The van der Waals surface area contributed by atoms with Crippen LogP contribution in [0.1, 0.15) is 40.7 Å². The van der Waals surface area contributed by atoms with Gasteiger partial charge in [0.25, 0.3) is 0 Å². The lowest BCUT2D eigenvalue weighted by molar-refractivity contribution is -0.116. The number of hydrogen-bond acceptors (Lipinski definition) is 4. The van der Waals surface area contributed by atoms with Crippen molar-refractivity contribution in [3.63, 3.8) is 0 Å². The first kappa shape index (κ1) is 23.5. The Labute approximate surface area is 205 Å². The molecule has 3 aromatic rings. The molecule has 3 aromatic carbocycles. The van der Waals surface area contributed by atoms with Crippen molar-refractivity contribution in [3.8, 4) is 11.1 Å². The monoisotopic (exact) mass is 522 g/mol. The zero-order valence-corrected chi connectivity index (χ0v) is 20.0. The van der Waals surface area contributed by atoms with E-state index in [1.165, 1.54) is 6.07 Å². The second-order valence-electron chi connectivity index (χ2n) is 8.09. The van der Waals surface area contributed by atoms with E-state index in [9.17, 15) is 19.5 Å². The van der Waals surface area contributed by atoms with E-state index in [0.29, 0.717) is 4.47 Å². The van der Waals surface area contributed by atoms with Crippen LogP contribution in [-0.2, 0) is 9.53 Å². The van der Waals surface area contributed by atoms with Gasteiger partial charge in [-0.2, -0.15) is 0 Å². The molecular formula is C26H23BrN2O5. The molecule has 0 bridgehead atoms. The number of carbonyl (C=O) groups is 3. The Morgan fingerprint density at radius 1 is 0.971 bits per heavy atom. The molecule has 174 valence electrons. The van der Waals surface area contributed by atoms with Crippen molar-refractivity contribution in [2.45, 2.75) is 25.3 Å². The van der Waals surface area contributed by atoms with Crippen molar-refractivity contribution in [2.75, 3.05) is 11.9 Å². The molecule has 0 heterocycles. The van der Waals surface area contributed by atoms with Crippen molar-refractivity contribution in [1.29, 1.82) is 0 Å². The van der Waals surface area contributed by atoms with Crippen LogP contribution in [0.3, 0.4) is 0 Å². The fourth-order valence-electron chi connectivity index (χ4n) is 4.19. The first-order valence-electron chi connectivity index (χ1n) is 10.8. The molecule has 1 atom stereocenters. The standard InChI is InChI=1S/C26H23BrN2O5/c1-15(13-23(30)29-24-20(25(31)32)11-6-12-22(24)27)28-26(33)34-14-21-18-9-4-2-7-16(18)17-8-3-5-10-19(17)21/h2-12,15,21H,13-14H2,1H3,(H,28,33)(H,29,30)(H,31,32). The van der Waals surface area contributed by atoms with E-state index in [-0.39, 0.29) is 30.2 Å². The van der Waals surface area contributed by atoms with Gasteiger partial charge < -0.3 is 20.5 Å². The first-order valence-corrected chi connectivity index (χ1v) is 11.6. The predicted octanol–water partition coefficient (Wildman–Crippen LogP) is 5.40. The molecule has 1 aliphatic carbocycles. The van der Waals surface area contributed by atoms with Gasteiger partial charge in [-0.15, -0.1) is 0 Å².